The van der Waals surface area contributed by atoms with Crippen LogP contribution in [0.5, 0.6) is 0 Å². The third-order valence-electron chi connectivity index (χ3n) is 9.38. The molecule has 2 aliphatic heterocycles. The Morgan fingerprint density at radius 1 is 1.03 bits per heavy atom. The van der Waals surface area contributed by atoms with E-state index in [0.717, 1.165) is 61.8 Å². The Kier molecular flexibility index (Phi) is 7.59. The number of allylic oxidation sites excluding steroid dienone is 2. The zero-order chi connectivity index (χ0) is 26.9. The number of likely N-dealkylation sites (tertiary alicyclic amines) is 1. The summed E-state index contributed by atoms with van der Waals surface area (Å²) in [5, 5.41) is 9.41. The molecule has 1 saturated carbocycles. The van der Waals surface area contributed by atoms with Crippen LogP contribution in [0.25, 0.3) is 11.6 Å². The van der Waals surface area contributed by atoms with E-state index in [0.29, 0.717) is 18.8 Å². The number of rotatable bonds is 8. The van der Waals surface area contributed by atoms with E-state index in [1.54, 1.807) is 11.0 Å². The molecule has 3 fully saturated rings. The van der Waals surface area contributed by atoms with Gasteiger partial charge in [0.25, 0.3) is 0 Å². The van der Waals surface area contributed by atoms with Crippen LogP contribution in [0.3, 0.4) is 0 Å². The summed E-state index contributed by atoms with van der Waals surface area (Å²) in [6.07, 6.45) is 10.5. The van der Waals surface area contributed by atoms with Gasteiger partial charge in [-0.1, -0.05) is 62.1 Å². The summed E-state index contributed by atoms with van der Waals surface area (Å²) >= 11 is 0. The second-order valence-electron chi connectivity index (χ2n) is 11.6. The maximum Gasteiger partial charge on any atom is 0.234 e. The first-order valence-electron chi connectivity index (χ1n) is 14.7. The van der Waals surface area contributed by atoms with Crippen molar-refractivity contribution in [1.82, 2.24) is 4.90 Å². The van der Waals surface area contributed by atoms with Crippen molar-refractivity contribution in [1.29, 1.82) is 0 Å². The third-order valence-corrected chi connectivity index (χ3v) is 9.38. The van der Waals surface area contributed by atoms with Gasteiger partial charge < -0.3 is 14.3 Å². The van der Waals surface area contributed by atoms with Crippen molar-refractivity contribution in [3.63, 3.8) is 0 Å². The lowest BCUT2D eigenvalue weighted by atomic mass is 9.69. The molecular formula is C33H39NO5. The summed E-state index contributed by atoms with van der Waals surface area (Å²) in [5.74, 6) is 0.915. The molecule has 2 aromatic rings. The summed E-state index contributed by atoms with van der Waals surface area (Å²) < 4.78 is 12.2. The predicted molar refractivity (Wildman–Crippen MR) is 149 cm³/mol. The summed E-state index contributed by atoms with van der Waals surface area (Å²) in [7, 11) is 0. The average Bonchev–Trinajstić information content (AvgIpc) is 3.68. The molecule has 4 aliphatic rings. The average molecular weight is 530 g/mol. The zero-order valence-corrected chi connectivity index (χ0v) is 22.8. The summed E-state index contributed by atoms with van der Waals surface area (Å²) in [4.78, 5) is 29.0. The van der Waals surface area contributed by atoms with Crippen molar-refractivity contribution in [3.05, 3.63) is 70.7 Å². The van der Waals surface area contributed by atoms with Gasteiger partial charge in [0.1, 0.15) is 18.1 Å². The van der Waals surface area contributed by atoms with Gasteiger partial charge in [0.15, 0.2) is 0 Å². The van der Waals surface area contributed by atoms with E-state index in [4.69, 9.17) is 9.15 Å². The van der Waals surface area contributed by atoms with E-state index in [9.17, 15) is 14.7 Å². The molecule has 3 heterocycles. The third kappa shape index (κ3) is 4.93. The number of imide groups is 1. The fourth-order valence-electron chi connectivity index (χ4n) is 7.50. The first-order valence-corrected chi connectivity index (χ1v) is 14.7. The van der Waals surface area contributed by atoms with E-state index >= 15 is 0 Å². The molecule has 0 radical (unpaired) electrons. The maximum absolute atomic E-state index is 13.8. The van der Waals surface area contributed by atoms with Crippen molar-refractivity contribution in [2.24, 2.45) is 17.8 Å². The largest absolute Gasteiger partial charge is 0.459 e. The van der Waals surface area contributed by atoms with Gasteiger partial charge >= 0.3 is 0 Å². The minimum atomic E-state index is -0.265. The Labute approximate surface area is 230 Å². The highest BCUT2D eigenvalue weighted by atomic mass is 16.5. The number of furan rings is 1. The minimum Gasteiger partial charge on any atom is -0.459 e. The molecule has 2 aliphatic carbocycles. The number of carbonyl (C=O) groups excluding carboxylic acids is 2. The van der Waals surface area contributed by atoms with Gasteiger partial charge in [0.2, 0.25) is 11.8 Å². The van der Waals surface area contributed by atoms with Crippen LogP contribution in [0.2, 0.25) is 0 Å². The standard InChI is InChI=1S/C33H39NO5/c1-2-21-18-27-31(33(37)34(32(27)36)24-11-7-4-8-12-24)28-20-38-29(30(21)28)16-13-23(22-9-5-3-6-10-22)17-25-14-15-26(19-35)39-25/h3,5-6,9-10,14-15,17,24,27-29,31,35H,2,4,7-8,11-13,16,18-20H2,1H3/b23-17-/t27-,28+,29-,31-/m1/s1. The fraction of sp³-hybridized carbons (Fsp3) is 0.515. The Balaban J connectivity index is 1.24. The number of ether oxygens (including phenoxy) is 1. The van der Waals surface area contributed by atoms with Crippen LogP contribution in [0.1, 0.15) is 81.8 Å². The van der Waals surface area contributed by atoms with Gasteiger partial charge in [-0.3, -0.25) is 14.5 Å². The lowest BCUT2D eigenvalue weighted by molar-refractivity contribution is -0.143. The monoisotopic (exact) mass is 529 g/mol. The van der Waals surface area contributed by atoms with Gasteiger partial charge in [0, 0.05) is 12.0 Å². The summed E-state index contributed by atoms with van der Waals surface area (Å²) in [6.45, 7) is 2.56. The van der Waals surface area contributed by atoms with Crippen molar-refractivity contribution >= 4 is 23.5 Å². The molecule has 4 atom stereocenters. The molecule has 6 rings (SSSR count). The molecular weight excluding hydrogens is 490 g/mol. The lowest BCUT2D eigenvalue weighted by Crippen LogP contribution is -2.42. The number of carbonyl (C=O) groups is 2. The van der Waals surface area contributed by atoms with Crippen LogP contribution in [-0.2, 0) is 20.9 Å². The van der Waals surface area contributed by atoms with Gasteiger partial charge in [-0.25, -0.2) is 0 Å². The highest BCUT2D eigenvalue weighted by Crippen LogP contribution is 2.51. The van der Waals surface area contributed by atoms with Gasteiger partial charge in [-0.05, 0) is 73.4 Å². The van der Waals surface area contributed by atoms with Crippen LogP contribution >= 0.6 is 0 Å². The van der Waals surface area contributed by atoms with Crippen LogP contribution < -0.4 is 0 Å². The number of hydrogen-bond acceptors (Lipinski definition) is 5. The highest BCUT2D eigenvalue weighted by molar-refractivity contribution is 6.06. The Bertz CT molecular complexity index is 1270. The van der Waals surface area contributed by atoms with Gasteiger partial charge in [-0.15, -0.1) is 0 Å². The van der Waals surface area contributed by atoms with Crippen LogP contribution in [-0.4, -0.2) is 40.6 Å². The SMILES string of the molecule is CCC1=C2[C@@H](CC/C(=C/c3ccc(CO)o3)c3ccccc3)OC[C@@H]2[C@@H]2C(=O)N(C3CCCCC3)C(=O)[C@@H]2C1. The zero-order valence-electron chi connectivity index (χ0n) is 22.8. The van der Waals surface area contributed by atoms with Gasteiger partial charge in [-0.2, -0.15) is 0 Å². The quantitative estimate of drug-likeness (QED) is 0.328. The highest BCUT2D eigenvalue weighted by Gasteiger charge is 2.57. The number of nitrogens with zero attached hydrogens (tertiary/aromatic N) is 1. The van der Waals surface area contributed by atoms with E-state index in [1.165, 1.54) is 17.6 Å². The Hall–Kier alpha value is -2.96. The lowest BCUT2D eigenvalue weighted by Gasteiger charge is -2.31. The molecule has 39 heavy (non-hydrogen) atoms. The van der Waals surface area contributed by atoms with Crippen molar-refractivity contribution < 1.29 is 23.8 Å². The molecule has 6 nitrogen and oxygen atoms in total. The van der Waals surface area contributed by atoms with Crippen LogP contribution in [0, 0.1) is 17.8 Å². The molecule has 2 amide bonds. The smallest absolute Gasteiger partial charge is 0.234 e. The first kappa shape index (κ1) is 26.3. The molecule has 0 spiro atoms. The van der Waals surface area contributed by atoms with Crippen molar-refractivity contribution in [3.8, 4) is 0 Å². The number of amides is 2. The molecule has 2 saturated heterocycles. The van der Waals surface area contributed by atoms with E-state index in [-0.39, 0.29) is 48.3 Å². The Morgan fingerprint density at radius 3 is 2.54 bits per heavy atom. The molecule has 1 aromatic heterocycles. The van der Waals surface area contributed by atoms with Crippen LogP contribution in [0.15, 0.2) is 58.0 Å². The summed E-state index contributed by atoms with van der Waals surface area (Å²) in [5.41, 5.74) is 4.88. The van der Waals surface area contributed by atoms with E-state index < -0.39 is 0 Å². The molecule has 6 heteroatoms. The molecule has 206 valence electrons. The fourth-order valence-corrected chi connectivity index (χ4v) is 7.50. The Morgan fingerprint density at radius 2 is 1.82 bits per heavy atom. The second kappa shape index (κ2) is 11.3. The van der Waals surface area contributed by atoms with E-state index in [1.807, 2.05) is 30.3 Å². The number of benzene rings is 1. The van der Waals surface area contributed by atoms with Crippen molar-refractivity contribution in [2.75, 3.05) is 6.61 Å². The van der Waals surface area contributed by atoms with E-state index in [2.05, 4.69) is 19.1 Å². The molecule has 0 bridgehead atoms. The normalized spacial score (nSPS) is 27.8. The predicted octanol–water partition coefficient (Wildman–Crippen LogP) is 6.15. The number of aliphatic hydroxyl groups is 1. The minimum absolute atomic E-state index is 0.00933. The summed E-state index contributed by atoms with van der Waals surface area (Å²) in [6, 6.07) is 14.1. The second-order valence-corrected chi connectivity index (χ2v) is 11.6. The topological polar surface area (TPSA) is 80.0 Å². The van der Waals surface area contributed by atoms with Crippen LogP contribution in [0.4, 0.5) is 0 Å². The first-order chi connectivity index (χ1) is 19.1. The molecule has 1 aromatic carbocycles. The molecule has 0 unspecified atom stereocenters. The molecule has 1 N–H and O–H groups in total. The van der Waals surface area contributed by atoms with Crippen molar-refractivity contribution in [2.45, 2.75) is 83.5 Å². The number of fused-ring (bicyclic) bond motifs is 3. The maximum atomic E-state index is 13.8. The van der Waals surface area contributed by atoms with Gasteiger partial charge in [0.05, 0.1) is 24.5 Å². The number of aliphatic hydroxyl groups excluding tert-OH is 1. The number of hydrogen-bond donors (Lipinski definition) is 1.